The Morgan fingerprint density at radius 3 is 2.56 bits per heavy atom. The summed E-state index contributed by atoms with van der Waals surface area (Å²) in [6, 6.07) is 1.76. The molecule has 0 fully saturated rings. The second-order valence-electron chi connectivity index (χ2n) is 5.34. The van der Waals surface area contributed by atoms with Gasteiger partial charge in [0, 0.05) is 24.3 Å². The first-order valence-electron chi connectivity index (χ1n) is 5.86. The first kappa shape index (κ1) is 14.4. The Morgan fingerprint density at radius 1 is 1.44 bits per heavy atom. The van der Waals surface area contributed by atoms with E-state index >= 15 is 0 Å². The third kappa shape index (κ3) is 3.43. The number of carbonyl (C=O) groups excluding carboxylic acids is 1. The van der Waals surface area contributed by atoms with Crippen molar-refractivity contribution >= 4 is 5.91 Å². The lowest BCUT2D eigenvalue weighted by molar-refractivity contribution is 0.0909. The standard InChI is InChI=1S/C13H20N2O3/c1-8-5-9(2)15-12(18)10(8)11(17)14-6-13(3,4)7-16/h5,16H,6-7H2,1-4H3,(H,14,17)(H,15,18). The van der Waals surface area contributed by atoms with Gasteiger partial charge in [-0.2, -0.15) is 0 Å². The molecule has 100 valence electrons. The van der Waals surface area contributed by atoms with Gasteiger partial charge in [0.05, 0.1) is 0 Å². The fraction of sp³-hybridized carbons (Fsp3) is 0.538. The van der Waals surface area contributed by atoms with Crippen LogP contribution < -0.4 is 10.9 Å². The first-order valence-corrected chi connectivity index (χ1v) is 5.86. The van der Waals surface area contributed by atoms with E-state index in [0.29, 0.717) is 12.1 Å². The molecule has 1 heterocycles. The molecule has 1 amide bonds. The normalized spacial score (nSPS) is 11.4. The largest absolute Gasteiger partial charge is 0.396 e. The van der Waals surface area contributed by atoms with Crippen molar-refractivity contribution < 1.29 is 9.90 Å². The van der Waals surface area contributed by atoms with Gasteiger partial charge in [-0.15, -0.1) is 0 Å². The molecule has 0 saturated carbocycles. The van der Waals surface area contributed by atoms with Gasteiger partial charge in [0.25, 0.3) is 11.5 Å². The summed E-state index contributed by atoms with van der Waals surface area (Å²) in [5, 5.41) is 11.8. The predicted molar refractivity (Wildman–Crippen MR) is 69.7 cm³/mol. The summed E-state index contributed by atoms with van der Waals surface area (Å²) in [5.74, 6) is -0.407. The second-order valence-corrected chi connectivity index (χ2v) is 5.34. The minimum Gasteiger partial charge on any atom is -0.396 e. The minimum atomic E-state index is -0.407. The average Bonchev–Trinajstić information content (AvgIpc) is 2.25. The van der Waals surface area contributed by atoms with E-state index in [1.807, 2.05) is 13.8 Å². The van der Waals surface area contributed by atoms with E-state index in [1.54, 1.807) is 19.9 Å². The quantitative estimate of drug-likeness (QED) is 0.739. The highest BCUT2D eigenvalue weighted by Crippen LogP contribution is 2.12. The second kappa shape index (κ2) is 5.35. The molecule has 0 bridgehead atoms. The minimum absolute atomic E-state index is 0.0312. The van der Waals surface area contributed by atoms with Crippen molar-refractivity contribution in [1.29, 1.82) is 0 Å². The van der Waals surface area contributed by atoms with E-state index in [2.05, 4.69) is 10.3 Å². The number of aromatic amines is 1. The van der Waals surface area contributed by atoms with Gasteiger partial charge in [-0.3, -0.25) is 9.59 Å². The molecule has 0 aliphatic carbocycles. The molecule has 3 N–H and O–H groups in total. The Kier molecular flexibility index (Phi) is 4.29. The highest BCUT2D eigenvalue weighted by Gasteiger charge is 2.20. The van der Waals surface area contributed by atoms with Crippen LogP contribution in [-0.2, 0) is 0 Å². The Labute approximate surface area is 106 Å². The third-order valence-corrected chi connectivity index (χ3v) is 2.75. The van der Waals surface area contributed by atoms with Crippen LogP contribution in [0.4, 0.5) is 0 Å². The number of amides is 1. The van der Waals surface area contributed by atoms with Gasteiger partial charge in [-0.25, -0.2) is 0 Å². The summed E-state index contributed by atoms with van der Waals surface area (Å²) in [6.45, 7) is 7.45. The fourth-order valence-corrected chi connectivity index (χ4v) is 1.60. The number of aliphatic hydroxyl groups is 1. The number of H-pyrrole nitrogens is 1. The van der Waals surface area contributed by atoms with Gasteiger partial charge < -0.3 is 15.4 Å². The molecular weight excluding hydrogens is 232 g/mol. The number of nitrogens with one attached hydrogen (secondary N) is 2. The molecule has 0 spiro atoms. The van der Waals surface area contributed by atoms with E-state index in [0.717, 1.165) is 5.69 Å². The SMILES string of the molecule is Cc1cc(C)c(C(=O)NCC(C)(C)CO)c(=O)[nH]1. The number of aromatic nitrogens is 1. The van der Waals surface area contributed by atoms with Crippen LogP contribution in [0.5, 0.6) is 0 Å². The highest BCUT2D eigenvalue weighted by molar-refractivity contribution is 5.95. The third-order valence-electron chi connectivity index (χ3n) is 2.75. The van der Waals surface area contributed by atoms with Gasteiger partial charge in [0.1, 0.15) is 5.56 Å². The molecule has 1 rings (SSSR count). The maximum absolute atomic E-state index is 11.9. The molecule has 0 radical (unpaired) electrons. The Morgan fingerprint density at radius 2 is 2.06 bits per heavy atom. The number of carbonyl (C=O) groups is 1. The van der Waals surface area contributed by atoms with Crippen LogP contribution in [0.1, 0.15) is 35.5 Å². The average molecular weight is 252 g/mol. The fourth-order valence-electron chi connectivity index (χ4n) is 1.60. The van der Waals surface area contributed by atoms with Gasteiger partial charge in [0.15, 0.2) is 0 Å². The van der Waals surface area contributed by atoms with Crippen LogP contribution in [0.15, 0.2) is 10.9 Å². The highest BCUT2D eigenvalue weighted by atomic mass is 16.3. The van der Waals surface area contributed by atoms with Crippen molar-refractivity contribution in [1.82, 2.24) is 10.3 Å². The first-order chi connectivity index (χ1) is 8.26. The number of aryl methyl sites for hydroxylation is 2. The molecule has 1 aromatic rings. The topological polar surface area (TPSA) is 82.2 Å². The van der Waals surface area contributed by atoms with Crippen molar-refractivity contribution in [3.8, 4) is 0 Å². The molecule has 5 heteroatoms. The lowest BCUT2D eigenvalue weighted by atomic mass is 9.95. The zero-order valence-corrected chi connectivity index (χ0v) is 11.3. The number of hydrogen-bond acceptors (Lipinski definition) is 3. The zero-order chi connectivity index (χ0) is 13.9. The maximum atomic E-state index is 11.9. The van der Waals surface area contributed by atoms with Gasteiger partial charge in [0.2, 0.25) is 0 Å². The van der Waals surface area contributed by atoms with E-state index < -0.39 is 11.3 Å². The van der Waals surface area contributed by atoms with Gasteiger partial charge in [-0.05, 0) is 25.5 Å². The van der Waals surface area contributed by atoms with Crippen LogP contribution in [-0.4, -0.2) is 29.1 Å². The van der Waals surface area contributed by atoms with Crippen molar-refractivity contribution in [3.05, 3.63) is 33.2 Å². The molecule has 0 aromatic carbocycles. The van der Waals surface area contributed by atoms with E-state index in [1.165, 1.54) is 0 Å². The molecule has 0 atom stereocenters. The molecular formula is C13H20N2O3. The predicted octanol–water partition coefficient (Wildman–Crippen LogP) is 0.740. The number of hydrogen-bond donors (Lipinski definition) is 3. The lowest BCUT2D eigenvalue weighted by Gasteiger charge is -2.21. The van der Waals surface area contributed by atoms with Crippen molar-refractivity contribution in [3.63, 3.8) is 0 Å². The molecule has 0 aliphatic rings. The molecule has 0 unspecified atom stereocenters. The van der Waals surface area contributed by atoms with Crippen LogP contribution >= 0.6 is 0 Å². The summed E-state index contributed by atoms with van der Waals surface area (Å²) in [4.78, 5) is 26.3. The van der Waals surface area contributed by atoms with Gasteiger partial charge in [-0.1, -0.05) is 13.8 Å². The summed E-state index contributed by atoms with van der Waals surface area (Å²) in [5.41, 5.74) is 0.725. The number of aliphatic hydroxyl groups excluding tert-OH is 1. The van der Waals surface area contributed by atoms with Crippen LogP contribution in [0, 0.1) is 19.3 Å². The number of rotatable bonds is 4. The Hall–Kier alpha value is -1.62. The van der Waals surface area contributed by atoms with E-state index in [-0.39, 0.29) is 17.7 Å². The maximum Gasteiger partial charge on any atom is 0.261 e. The molecule has 0 aliphatic heterocycles. The van der Waals surface area contributed by atoms with Crippen LogP contribution in [0.2, 0.25) is 0 Å². The Balaban J connectivity index is 2.89. The van der Waals surface area contributed by atoms with Crippen LogP contribution in [0.3, 0.4) is 0 Å². The summed E-state index contributed by atoms with van der Waals surface area (Å²) >= 11 is 0. The van der Waals surface area contributed by atoms with Crippen LogP contribution in [0.25, 0.3) is 0 Å². The smallest absolute Gasteiger partial charge is 0.261 e. The summed E-state index contributed by atoms with van der Waals surface area (Å²) in [6.07, 6.45) is 0. The lowest BCUT2D eigenvalue weighted by Crippen LogP contribution is -2.38. The number of pyridine rings is 1. The van der Waals surface area contributed by atoms with E-state index in [4.69, 9.17) is 5.11 Å². The molecule has 18 heavy (non-hydrogen) atoms. The summed E-state index contributed by atoms with van der Waals surface area (Å²) in [7, 11) is 0. The zero-order valence-electron chi connectivity index (χ0n) is 11.3. The van der Waals surface area contributed by atoms with Gasteiger partial charge >= 0.3 is 0 Å². The van der Waals surface area contributed by atoms with Crippen molar-refractivity contribution in [2.45, 2.75) is 27.7 Å². The summed E-state index contributed by atoms with van der Waals surface area (Å²) < 4.78 is 0. The molecule has 0 saturated heterocycles. The van der Waals surface area contributed by atoms with E-state index in [9.17, 15) is 9.59 Å². The van der Waals surface area contributed by atoms with Crippen molar-refractivity contribution in [2.75, 3.05) is 13.2 Å². The molecule has 1 aromatic heterocycles. The Bertz CT molecular complexity index is 503. The van der Waals surface area contributed by atoms with Crippen molar-refractivity contribution in [2.24, 2.45) is 5.41 Å². The molecule has 5 nitrogen and oxygen atoms in total. The monoisotopic (exact) mass is 252 g/mol.